The summed E-state index contributed by atoms with van der Waals surface area (Å²) in [5, 5.41) is 4.66. The van der Waals surface area contributed by atoms with Gasteiger partial charge in [0.15, 0.2) is 0 Å². The Morgan fingerprint density at radius 1 is 1.00 bits per heavy atom. The maximum atomic E-state index is 4.57. The van der Waals surface area contributed by atoms with Crippen molar-refractivity contribution in [3.63, 3.8) is 0 Å². The Morgan fingerprint density at radius 3 is 2.55 bits per heavy atom. The highest BCUT2D eigenvalue weighted by Crippen LogP contribution is 2.34. The highest BCUT2D eigenvalue weighted by Gasteiger charge is 2.10. The summed E-state index contributed by atoms with van der Waals surface area (Å²) in [6.07, 6.45) is 1.90. The maximum Gasteiger partial charge on any atom is 0.0758 e. The van der Waals surface area contributed by atoms with Gasteiger partial charge in [-0.3, -0.25) is 4.98 Å². The van der Waals surface area contributed by atoms with Crippen molar-refractivity contribution in [1.29, 1.82) is 0 Å². The molecule has 0 saturated heterocycles. The summed E-state index contributed by atoms with van der Waals surface area (Å²) in [4.78, 5) is 4.57. The minimum absolute atomic E-state index is 0.904. The predicted octanol–water partition coefficient (Wildman–Crippen LogP) is 4.64. The fourth-order valence-electron chi connectivity index (χ4n) is 2.60. The zero-order valence-electron chi connectivity index (χ0n) is 11.9. The third-order valence-electron chi connectivity index (χ3n) is 3.55. The zero-order chi connectivity index (χ0) is 13.9. The normalized spacial score (nSPS) is 10.7. The molecule has 0 aliphatic rings. The number of aromatic nitrogens is 1. The maximum absolute atomic E-state index is 4.57. The number of nitrogens with one attached hydrogen (secondary N) is 1. The molecule has 0 spiro atoms. The van der Waals surface area contributed by atoms with E-state index in [4.69, 9.17) is 0 Å². The molecule has 1 heterocycles. The molecule has 0 bridgehead atoms. The van der Waals surface area contributed by atoms with Crippen LogP contribution < -0.4 is 5.32 Å². The number of fused-ring (bicyclic) bond motifs is 1. The smallest absolute Gasteiger partial charge is 0.0758 e. The van der Waals surface area contributed by atoms with Crippen LogP contribution in [0.1, 0.15) is 12.5 Å². The van der Waals surface area contributed by atoms with Crippen molar-refractivity contribution >= 4 is 16.6 Å². The van der Waals surface area contributed by atoms with Gasteiger partial charge in [-0.15, -0.1) is 0 Å². The molecule has 0 unspecified atom stereocenters. The molecule has 0 radical (unpaired) electrons. The van der Waals surface area contributed by atoms with Crippen LogP contribution in [0.3, 0.4) is 0 Å². The van der Waals surface area contributed by atoms with Gasteiger partial charge in [-0.05, 0) is 42.7 Å². The van der Waals surface area contributed by atoms with Crippen LogP contribution in [0.4, 0.5) is 5.69 Å². The molecule has 0 aliphatic carbocycles. The van der Waals surface area contributed by atoms with Crippen molar-refractivity contribution in [2.24, 2.45) is 0 Å². The minimum atomic E-state index is 0.904. The highest BCUT2D eigenvalue weighted by atomic mass is 14.9. The second kappa shape index (κ2) is 5.33. The van der Waals surface area contributed by atoms with Crippen LogP contribution in [0.25, 0.3) is 22.0 Å². The van der Waals surface area contributed by atoms with Crippen molar-refractivity contribution in [2.45, 2.75) is 13.8 Å². The highest BCUT2D eigenvalue weighted by molar-refractivity contribution is 6.04. The second-order valence-electron chi connectivity index (χ2n) is 4.91. The lowest BCUT2D eigenvalue weighted by Gasteiger charge is -2.13. The van der Waals surface area contributed by atoms with Gasteiger partial charge in [0, 0.05) is 23.8 Å². The largest absolute Gasteiger partial charge is 0.385 e. The molecule has 0 fully saturated rings. The van der Waals surface area contributed by atoms with Gasteiger partial charge in [-0.2, -0.15) is 0 Å². The van der Waals surface area contributed by atoms with Crippen molar-refractivity contribution in [2.75, 3.05) is 11.9 Å². The first-order valence-electron chi connectivity index (χ1n) is 6.99. The molecule has 3 rings (SSSR count). The van der Waals surface area contributed by atoms with E-state index in [1.807, 2.05) is 12.3 Å². The van der Waals surface area contributed by atoms with Gasteiger partial charge in [-0.25, -0.2) is 0 Å². The van der Waals surface area contributed by atoms with Crippen LogP contribution >= 0.6 is 0 Å². The van der Waals surface area contributed by atoms with Gasteiger partial charge < -0.3 is 5.32 Å². The molecule has 3 aromatic rings. The number of hydrogen-bond donors (Lipinski definition) is 1. The second-order valence-corrected chi connectivity index (χ2v) is 4.91. The van der Waals surface area contributed by atoms with Crippen LogP contribution in [0.2, 0.25) is 0 Å². The number of nitrogens with zero attached hydrogens (tertiary/aromatic N) is 1. The summed E-state index contributed by atoms with van der Waals surface area (Å²) in [6, 6.07) is 16.9. The number of benzene rings is 2. The van der Waals surface area contributed by atoms with Crippen LogP contribution in [-0.2, 0) is 0 Å². The molecule has 2 heteroatoms. The number of pyridine rings is 1. The predicted molar refractivity (Wildman–Crippen MR) is 86.1 cm³/mol. The van der Waals surface area contributed by atoms with E-state index in [0.29, 0.717) is 0 Å². The summed E-state index contributed by atoms with van der Waals surface area (Å²) in [6.45, 7) is 5.13. The number of rotatable bonds is 3. The fourth-order valence-corrected chi connectivity index (χ4v) is 2.60. The van der Waals surface area contributed by atoms with Gasteiger partial charge in [0.2, 0.25) is 0 Å². The Hall–Kier alpha value is -2.35. The Kier molecular flexibility index (Phi) is 3.38. The first-order chi connectivity index (χ1) is 9.81. The Bertz CT molecular complexity index is 733. The lowest BCUT2D eigenvalue weighted by atomic mass is 9.98. The molecule has 0 atom stereocenters. The Labute approximate surface area is 119 Å². The molecule has 2 aromatic carbocycles. The monoisotopic (exact) mass is 262 g/mol. The number of anilines is 1. The Morgan fingerprint density at radius 2 is 1.80 bits per heavy atom. The summed E-state index contributed by atoms with van der Waals surface area (Å²) >= 11 is 0. The zero-order valence-corrected chi connectivity index (χ0v) is 11.9. The van der Waals surface area contributed by atoms with E-state index in [1.54, 1.807) is 0 Å². The summed E-state index contributed by atoms with van der Waals surface area (Å²) in [7, 11) is 0. The van der Waals surface area contributed by atoms with E-state index in [-0.39, 0.29) is 0 Å². The first-order valence-corrected chi connectivity index (χ1v) is 6.99. The first kappa shape index (κ1) is 12.7. The third-order valence-corrected chi connectivity index (χ3v) is 3.55. The summed E-state index contributed by atoms with van der Waals surface area (Å²) < 4.78 is 0. The average molecular weight is 262 g/mol. The van der Waals surface area contributed by atoms with Crippen molar-refractivity contribution in [1.82, 2.24) is 4.98 Å². The van der Waals surface area contributed by atoms with Gasteiger partial charge in [-0.1, -0.05) is 36.4 Å². The molecule has 100 valence electrons. The van der Waals surface area contributed by atoms with Crippen molar-refractivity contribution in [3.8, 4) is 11.1 Å². The average Bonchev–Trinajstić information content (AvgIpc) is 2.51. The van der Waals surface area contributed by atoms with E-state index in [0.717, 1.165) is 17.7 Å². The Balaban J connectivity index is 2.35. The molecular formula is C18H18N2. The molecule has 0 aliphatic heterocycles. The quantitative estimate of drug-likeness (QED) is 0.743. The SMILES string of the molecule is CCNc1ccc(C)c2nccc(-c3ccccc3)c12. The molecule has 0 amide bonds. The van der Waals surface area contributed by atoms with Crippen LogP contribution in [0, 0.1) is 6.92 Å². The van der Waals surface area contributed by atoms with E-state index < -0.39 is 0 Å². The van der Waals surface area contributed by atoms with Gasteiger partial charge in [0.05, 0.1) is 5.52 Å². The standard InChI is InChI=1S/C18H18N2/c1-3-19-16-10-9-13(2)18-17(16)15(11-12-20-18)14-7-5-4-6-8-14/h4-12,19H,3H2,1-2H3. The summed E-state index contributed by atoms with van der Waals surface area (Å²) in [5.74, 6) is 0. The third kappa shape index (κ3) is 2.14. The lowest BCUT2D eigenvalue weighted by Crippen LogP contribution is -1.99. The molecule has 1 aromatic heterocycles. The number of hydrogen-bond acceptors (Lipinski definition) is 2. The van der Waals surface area contributed by atoms with E-state index in [1.165, 1.54) is 22.1 Å². The number of aryl methyl sites for hydroxylation is 1. The van der Waals surface area contributed by atoms with Gasteiger partial charge in [0.1, 0.15) is 0 Å². The topological polar surface area (TPSA) is 24.9 Å². The lowest BCUT2D eigenvalue weighted by molar-refractivity contribution is 1.22. The van der Waals surface area contributed by atoms with Gasteiger partial charge in [0.25, 0.3) is 0 Å². The molecule has 20 heavy (non-hydrogen) atoms. The minimum Gasteiger partial charge on any atom is -0.385 e. The van der Waals surface area contributed by atoms with Crippen molar-refractivity contribution < 1.29 is 0 Å². The van der Waals surface area contributed by atoms with E-state index >= 15 is 0 Å². The fraction of sp³-hybridized carbons (Fsp3) is 0.167. The molecular weight excluding hydrogens is 244 g/mol. The summed E-state index contributed by atoms with van der Waals surface area (Å²) in [5.41, 5.74) is 5.89. The molecule has 0 saturated carbocycles. The van der Waals surface area contributed by atoms with E-state index in [2.05, 4.69) is 66.6 Å². The molecule has 2 nitrogen and oxygen atoms in total. The van der Waals surface area contributed by atoms with Crippen molar-refractivity contribution in [3.05, 3.63) is 60.3 Å². The molecule has 1 N–H and O–H groups in total. The van der Waals surface area contributed by atoms with Crippen LogP contribution in [0.5, 0.6) is 0 Å². The van der Waals surface area contributed by atoms with Gasteiger partial charge >= 0.3 is 0 Å². The van der Waals surface area contributed by atoms with E-state index in [9.17, 15) is 0 Å². The van der Waals surface area contributed by atoms with Crippen LogP contribution in [-0.4, -0.2) is 11.5 Å². The van der Waals surface area contributed by atoms with Crippen LogP contribution in [0.15, 0.2) is 54.7 Å².